The number of nitrogens with one attached hydrogen (secondary N) is 2. The molecule has 1 atom stereocenters. The maximum absolute atomic E-state index is 13.1. The number of urea groups is 1. The first kappa shape index (κ1) is 17.0. The lowest BCUT2D eigenvalue weighted by Gasteiger charge is -2.33. The van der Waals surface area contributed by atoms with Crippen molar-refractivity contribution in [1.82, 2.24) is 10.6 Å². The van der Waals surface area contributed by atoms with E-state index in [1.165, 1.54) is 0 Å². The largest absolute Gasteiger partial charge is 0.489 e. The summed E-state index contributed by atoms with van der Waals surface area (Å²) in [6.45, 7) is 0.264. The van der Waals surface area contributed by atoms with Gasteiger partial charge in [-0.1, -0.05) is 41.9 Å². The summed E-state index contributed by atoms with van der Waals surface area (Å²) >= 11 is 6.20. The number of halogens is 1. The van der Waals surface area contributed by atoms with Crippen molar-refractivity contribution in [2.45, 2.75) is 12.3 Å². The third-order valence-electron chi connectivity index (χ3n) is 5.70. The lowest BCUT2D eigenvalue weighted by atomic mass is 9.74. The molecule has 1 unspecified atom stereocenters. The Kier molecular flexibility index (Phi) is 3.61. The number of ether oxygens (including phenoxy) is 1. The minimum absolute atomic E-state index is 0.206. The number of amides is 4. The molecule has 0 saturated carbocycles. The molecule has 2 aliphatic heterocycles. The van der Waals surface area contributed by atoms with Gasteiger partial charge < -0.3 is 4.74 Å². The fourth-order valence-electron chi connectivity index (χ4n) is 4.53. The maximum Gasteiger partial charge on any atom is 0.328 e. The fraction of sp³-hybridized carbons (Fsp3) is 0.190. The topological polar surface area (TPSA) is 84.5 Å². The van der Waals surface area contributed by atoms with Crippen LogP contribution in [0.4, 0.5) is 4.79 Å². The summed E-state index contributed by atoms with van der Waals surface area (Å²) in [5, 5.41) is 5.11. The van der Waals surface area contributed by atoms with Crippen LogP contribution < -0.4 is 15.4 Å². The summed E-state index contributed by atoms with van der Waals surface area (Å²) in [6, 6.07) is 13.8. The predicted octanol–water partition coefficient (Wildman–Crippen LogP) is 3.03. The molecular formula is C21H15ClN2O4. The Balaban J connectivity index is 1.77. The number of barbiturate groups is 1. The molecule has 1 aliphatic carbocycles. The Hall–Kier alpha value is -3.12. The molecule has 28 heavy (non-hydrogen) atoms. The van der Waals surface area contributed by atoms with E-state index in [-0.39, 0.29) is 18.9 Å². The molecule has 1 saturated heterocycles. The van der Waals surface area contributed by atoms with Gasteiger partial charge in [-0.05, 0) is 41.3 Å². The van der Waals surface area contributed by atoms with Gasteiger partial charge in [-0.3, -0.25) is 20.2 Å². The van der Waals surface area contributed by atoms with E-state index in [1.807, 2.05) is 36.4 Å². The summed E-state index contributed by atoms with van der Waals surface area (Å²) in [4.78, 5) is 37.8. The lowest BCUT2D eigenvalue weighted by molar-refractivity contribution is -0.140. The molecule has 1 fully saturated rings. The van der Waals surface area contributed by atoms with Gasteiger partial charge in [0.05, 0.1) is 0 Å². The average molecular weight is 395 g/mol. The normalized spacial score (nSPS) is 22.3. The van der Waals surface area contributed by atoms with E-state index < -0.39 is 23.3 Å². The monoisotopic (exact) mass is 394 g/mol. The summed E-state index contributed by atoms with van der Waals surface area (Å²) in [7, 11) is 0. The number of hydrogen-bond donors (Lipinski definition) is 2. The standard InChI is InChI=1S/C21H15ClN2O4/c22-12-6-7-16-13(8-12)14-9-21(18(25)23-20(27)24-19(21)26)17(15(14)10-28-16)11-4-2-1-3-5-11/h1-8,14H,9-10H2,(H2,23,24,25,26,27). The number of imide groups is 2. The van der Waals surface area contributed by atoms with Crippen LogP contribution in [-0.2, 0) is 9.59 Å². The maximum atomic E-state index is 13.1. The number of carbonyl (C=O) groups excluding carboxylic acids is 3. The zero-order valence-electron chi connectivity index (χ0n) is 14.6. The highest BCUT2D eigenvalue weighted by Gasteiger charge is 2.60. The molecule has 4 amide bonds. The second-order valence-electron chi connectivity index (χ2n) is 7.14. The molecule has 5 rings (SSSR count). The Morgan fingerprint density at radius 2 is 1.71 bits per heavy atom. The van der Waals surface area contributed by atoms with Gasteiger partial charge in [-0.2, -0.15) is 0 Å². The van der Waals surface area contributed by atoms with Crippen LogP contribution in [-0.4, -0.2) is 24.5 Å². The molecule has 7 heteroatoms. The van der Waals surface area contributed by atoms with E-state index in [4.69, 9.17) is 16.3 Å². The Labute approximate surface area is 165 Å². The summed E-state index contributed by atoms with van der Waals surface area (Å²) in [6.07, 6.45) is 0.216. The smallest absolute Gasteiger partial charge is 0.328 e. The van der Waals surface area contributed by atoms with Gasteiger partial charge in [0.15, 0.2) is 5.41 Å². The van der Waals surface area contributed by atoms with E-state index in [2.05, 4.69) is 10.6 Å². The van der Waals surface area contributed by atoms with Gasteiger partial charge in [0, 0.05) is 16.5 Å². The summed E-state index contributed by atoms with van der Waals surface area (Å²) in [5.41, 5.74) is 1.57. The molecule has 6 nitrogen and oxygen atoms in total. The van der Waals surface area contributed by atoms with Gasteiger partial charge in [-0.25, -0.2) is 4.79 Å². The van der Waals surface area contributed by atoms with Crippen LogP contribution in [0.5, 0.6) is 5.75 Å². The van der Waals surface area contributed by atoms with Crippen molar-refractivity contribution in [1.29, 1.82) is 0 Å². The number of benzene rings is 2. The Morgan fingerprint density at radius 1 is 1.00 bits per heavy atom. The first-order valence-corrected chi connectivity index (χ1v) is 9.26. The number of carbonyl (C=O) groups is 3. The van der Waals surface area contributed by atoms with Crippen molar-refractivity contribution >= 4 is 35.0 Å². The molecule has 0 radical (unpaired) electrons. The van der Waals surface area contributed by atoms with Crippen LogP contribution in [0.1, 0.15) is 23.5 Å². The summed E-state index contributed by atoms with van der Waals surface area (Å²) in [5.74, 6) is -0.728. The molecule has 2 aromatic rings. The van der Waals surface area contributed by atoms with Gasteiger partial charge in [0.1, 0.15) is 12.4 Å². The third kappa shape index (κ3) is 2.24. The highest BCUT2D eigenvalue weighted by molar-refractivity contribution is 6.30. The van der Waals surface area contributed by atoms with Gasteiger partial charge in [0.2, 0.25) is 11.8 Å². The van der Waals surface area contributed by atoms with Crippen molar-refractivity contribution in [3.05, 3.63) is 70.3 Å². The zero-order valence-corrected chi connectivity index (χ0v) is 15.4. The first-order valence-electron chi connectivity index (χ1n) is 8.89. The molecule has 0 aromatic heterocycles. The van der Waals surface area contributed by atoms with E-state index >= 15 is 0 Å². The minimum atomic E-state index is -1.50. The van der Waals surface area contributed by atoms with Crippen molar-refractivity contribution in [3.8, 4) is 5.75 Å². The molecule has 0 bridgehead atoms. The third-order valence-corrected chi connectivity index (χ3v) is 5.94. The van der Waals surface area contributed by atoms with Crippen LogP contribution in [0.3, 0.4) is 0 Å². The highest BCUT2D eigenvalue weighted by atomic mass is 35.5. The number of rotatable bonds is 1. The van der Waals surface area contributed by atoms with Gasteiger partial charge >= 0.3 is 6.03 Å². The molecule has 1 spiro atoms. The first-order chi connectivity index (χ1) is 13.5. The Morgan fingerprint density at radius 3 is 2.43 bits per heavy atom. The van der Waals surface area contributed by atoms with Crippen LogP contribution in [0.2, 0.25) is 5.02 Å². The second-order valence-corrected chi connectivity index (χ2v) is 7.57. The summed E-state index contributed by atoms with van der Waals surface area (Å²) < 4.78 is 5.92. The number of fused-ring (bicyclic) bond motifs is 3. The molecule has 3 aliphatic rings. The quantitative estimate of drug-likeness (QED) is 0.728. The molecule has 2 heterocycles. The van der Waals surface area contributed by atoms with Gasteiger partial charge in [-0.15, -0.1) is 0 Å². The van der Waals surface area contributed by atoms with Crippen molar-refractivity contribution in [2.75, 3.05) is 6.61 Å². The average Bonchev–Trinajstić information content (AvgIpc) is 3.04. The van der Waals surface area contributed by atoms with Crippen molar-refractivity contribution in [2.24, 2.45) is 5.41 Å². The molecule has 2 aromatic carbocycles. The highest BCUT2D eigenvalue weighted by Crippen LogP contribution is 2.58. The van der Waals surface area contributed by atoms with Crippen LogP contribution in [0.15, 0.2) is 54.1 Å². The van der Waals surface area contributed by atoms with Crippen LogP contribution >= 0.6 is 11.6 Å². The van der Waals surface area contributed by atoms with Crippen molar-refractivity contribution < 1.29 is 19.1 Å². The molecule has 2 N–H and O–H groups in total. The lowest BCUT2D eigenvalue weighted by Crippen LogP contribution is -2.62. The van der Waals surface area contributed by atoms with E-state index in [0.717, 1.165) is 16.7 Å². The predicted molar refractivity (Wildman–Crippen MR) is 102 cm³/mol. The second kappa shape index (κ2) is 5.94. The zero-order chi connectivity index (χ0) is 19.5. The van der Waals surface area contributed by atoms with Crippen molar-refractivity contribution in [3.63, 3.8) is 0 Å². The minimum Gasteiger partial charge on any atom is -0.489 e. The van der Waals surface area contributed by atoms with E-state index in [1.54, 1.807) is 12.1 Å². The Bertz CT molecular complexity index is 1060. The van der Waals surface area contributed by atoms with E-state index in [9.17, 15) is 14.4 Å². The fourth-order valence-corrected chi connectivity index (χ4v) is 4.71. The van der Waals surface area contributed by atoms with Crippen LogP contribution in [0.25, 0.3) is 5.57 Å². The van der Waals surface area contributed by atoms with Crippen LogP contribution in [0, 0.1) is 5.41 Å². The van der Waals surface area contributed by atoms with Gasteiger partial charge in [0.25, 0.3) is 0 Å². The SMILES string of the molecule is O=C1NC(=O)C2(CC3C(=C2c2ccccc2)COc2ccc(Cl)cc23)C(=O)N1. The molecule has 140 valence electrons. The molecular weight excluding hydrogens is 380 g/mol. The van der Waals surface area contributed by atoms with E-state index in [0.29, 0.717) is 16.3 Å². The number of hydrogen-bond acceptors (Lipinski definition) is 4.